The van der Waals surface area contributed by atoms with Gasteiger partial charge in [-0.2, -0.15) is 0 Å². The molecule has 8 nitrogen and oxygen atoms in total. The van der Waals surface area contributed by atoms with E-state index in [1.165, 1.54) is 0 Å². The third kappa shape index (κ3) is 7.05. The molecule has 1 spiro atoms. The molecule has 4 N–H and O–H groups in total. The van der Waals surface area contributed by atoms with Gasteiger partial charge in [-0.25, -0.2) is 0 Å². The van der Waals surface area contributed by atoms with Gasteiger partial charge in [-0.05, 0) is 49.3 Å². The Labute approximate surface area is 196 Å². The molecule has 1 atom stereocenters. The average Bonchev–Trinajstić information content (AvgIpc) is 3.14. The lowest BCUT2D eigenvalue weighted by Crippen LogP contribution is -2.61. The number of carbonyl (C=O) groups is 3. The van der Waals surface area contributed by atoms with Crippen LogP contribution >= 0.6 is 0 Å². The Morgan fingerprint density at radius 3 is 2.67 bits per heavy atom. The fourth-order valence-electron chi connectivity index (χ4n) is 4.39. The molecule has 8 heteroatoms. The van der Waals surface area contributed by atoms with Gasteiger partial charge in [0, 0.05) is 12.7 Å². The molecule has 0 radical (unpaired) electrons. The Bertz CT molecular complexity index is 850. The summed E-state index contributed by atoms with van der Waals surface area (Å²) in [5, 5.41) is 11.8. The summed E-state index contributed by atoms with van der Waals surface area (Å²) in [5.41, 5.74) is -0.0417. The van der Waals surface area contributed by atoms with Gasteiger partial charge in [-0.1, -0.05) is 44.9 Å². The van der Waals surface area contributed by atoms with Crippen LogP contribution in [-0.2, 0) is 19.1 Å². The van der Waals surface area contributed by atoms with E-state index in [0.29, 0.717) is 44.8 Å². The second-order valence-electron chi connectivity index (χ2n) is 9.23. The van der Waals surface area contributed by atoms with E-state index < -0.39 is 11.6 Å². The van der Waals surface area contributed by atoms with Gasteiger partial charge in [0.25, 0.3) is 0 Å². The number of rotatable bonds is 2. The van der Waals surface area contributed by atoms with Crippen molar-refractivity contribution < 1.29 is 19.1 Å². The Kier molecular flexibility index (Phi) is 8.88. The Morgan fingerprint density at radius 1 is 1.12 bits per heavy atom. The fraction of sp³-hybridized carbons (Fsp3) is 0.560. The standard InChI is InChI=1S/C25H36N4O4/c1-18(2)16-20-23(31)29-25(11-6-7-12-25)24(32)28-17-22(30)27-13-10-19-8-4-3-5-9-21(19)33-15-14-26-20/h3-5,9-10,13,18,20,26H,6-8,11-12,14-17H2,1-2H3,(H,27,30)(H,28,32)(H,29,31)/b13-10+. The predicted octanol–water partition coefficient (Wildman–Crippen LogP) is 1.97. The average molecular weight is 457 g/mol. The van der Waals surface area contributed by atoms with Crippen molar-refractivity contribution in [1.82, 2.24) is 21.3 Å². The maximum absolute atomic E-state index is 13.2. The molecule has 1 saturated carbocycles. The van der Waals surface area contributed by atoms with E-state index in [2.05, 4.69) is 35.1 Å². The molecular formula is C25H36N4O4. The van der Waals surface area contributed by atoms with Crippen molar-refractivity contribution in [2.24, 2.45) is 5.92 Å². The van der Waals surface area contributed by atoms with Crippen molar-refractivity contribution in [2.45, 2.75) is 64.0 Å². The first-order chi connectivity index (χ1) is 15.9. The third-order valence-electron chi connectivity index (χ3n) is 6.12. The van der Waals surface area contributed by atoms with Crippen LogP contribution in [0.1, 0.15) is 52.4 Å². The largest absolute Gasteiger partial charge is 0.492 e. The Morgan fingerprint density at radius 2 is 1.91 bits per heavy atom. The zero-order valence-corrected chi connectivity index (χ0v) is 19.6. The highest BCUT2D eigenvalue weighted by Crippen LogP contribution is 2.30. The quantitative estimate of drug-likeness (QED) is 0.508. The lowest BCUT2D eigenvalue weighted by Gasteiger charge is -2.31. The van der Waals surface area contributed by atoms with Crippen LogP contribution in [0.25, 0.3) is 0 Å². The molecule has 3 rings (SSSR count). The summed E-state index contributed by atoms with van der Waals surface area (Å²) >= 11 is 0. The summed E-state index contributed by atoms with van der Waals surface area (Å²) in [6.07, 6.45) is 15.3. The molecule has 3 aliphatic rings. The third-order valence-corrected chi connectivity index (χ3v) is 6.12. The molecule has 3 amide bonds. The highest BCUT2D eigenvalue weighted by atomic mass is 16.5. The van der Waals surface area contributed by atoms with Crippen LogP contribution in [0.3, 0.4) is 0 Å². The van der Waals surface area contributed by atoms with Crippen LogP contribution in [0.15, 0.2) is 47.9 Å². The molecular weight excluding hydrogens is 420 g/mol. The molecule has 1 aliphatic heterocycles. The first-order valence-electron chi connectivity index (χ1n) is 11.9. The molecule has 1 unspecified atom stereocenters. The number of allylic oxidation sites excluding steroid dienone is 6. The van der Waals surface area contributed by atoms with E-state index >= 15 is 0 Å². The van der Waals surface area contributed by atoms with Crippen molar-refractivity contribution in [1.29, 1.82) is 0 Å². The number of amides is 3. The van der Waals surface area contributed by atoms with E-state index in [4.69, 9.17) is 4.74 Å². The van der Waals surface area contributed by atoms with Crippen LogP contribution in [-0.4, -0.2) is 49.0 Å². The minimum Gasteiger partial charge on any atom is -0.492 e. The number of hydrogen-bond acceptors (Lipinski definition) is 5. The molecule has 2 aliphatic carbocycles. The van der Waals surface area contributed by atoms with Crippen LogP contribution in [0.4, 0.5) is 0 Å². The van der Waals surface area contributed by atoms with Gasteiger partial charge >= 0.3 is 0 Å². The van der Waals surface area contributed by atoms with Gasteiger partial charge < -0.3 is 26.0 Å². The summed E-state index contributed by atoms with van der Waals surface area (Å²) in [5.74, 6) is 0.211. The van der Waals surface area contributed by atoms with Crippen molar-refractivity contribution in [3.63, 3.8) is 0 Å². The summed E-state index contributed by atoms with van der Waals surface area (Å²) in [4.78, 5) is 38.6. The second-order valence-corrected chi connectivity index (χ2v) is 9.23. The minimum absolute atomic E-state index is 0.156. The normalized spacial score (nSPS) is 25.5. The van der Waals surface area contributed by atoms with E-state index in [0.717, 1.165) is 24.2 Å². The van der Waals surface area contributed by atoms with Crippen LogP contribution in [0.2, 0.25) is 0 Å². The maximum atomic E-state index is 13.2. The summed E-state index contributed by atoms with van der Waals surface area (Å²) < 4.78 is 6.01. The summed E-state index contributed by atoms with van der Waals surface area (Å²) in [7, 11) is 0. The molecule has 33 heavy (non-hydrogen) atoms. The van der Waals surface area contributed by atoms with Crippen LogP contribution < -0.4 is 21.3 Å². The second kappa shape index (κ2) is 11.8. The zero-order valence-electron chi connectivity index (χ0n) is 19.6. The Hall–Kier alpha value is -2.87. The lowest BCUT2D eigenvalue weighted by atomic mass is 9.94. The molecule has 1 heterocycles. The van der Waals surface area contributed by atoms with E-state index in [9.17, 15) is 14.4 Å². The van der Waals surface area contributed by atoms with Gasteiger partial charge in [-0.3, -0.25) is 14.4 Å². The lowest BCUT2D eigenvalue weighted by molar-refractivity contribution is -0.135. The van der Waals surface area contributed by atoms with Crippen molar-refractivity contribution in [3.05, 3.63) is 47.9 Å². The molecule has 0 bridgehead atoms. The smallest absolute Gasteiger partial charge is 0.246 e. The number of ether oxygens (including phenoxy) is 1. The van der Waals surface area contributed by atoms with Gasteiger partial charge in [0.15, 0.2) is 0 Å². The van der Waals surface area contributed by atoms with E-state index in [-0.39, 0.29) is 24.3 Å². The minimum atomic E-state index is -0.968. The fourth-order valence-corrected chi connectivity index (χ4v) is 4.39. The van der Waals surface area contributed by atoms with Gasteiger partial charge in [-0.15, -0.1) is 0 Å². The molecule has 1 fully saturated rings. The highest BCUT2D eigenvalue weighted by molar-refractivity contribution is 5.95. The predicted molar refractivity (Wildman–Crippen MR) is 127 cm³/mol. The summed E-state index contributed by atoms with van der Waals surface area (Å²) in [6, 6.07) is -0.433. The van der Waals surface area contributed by atoms with E-state index in [1.807, 2.05) is 30.4 Å². The maximum Gasteiger partial charge on any atom is 0.246 e. The van der Waals surface area contributed by atoms with Crippen molar-refractivity contribution >= 4 is 17.7 Å². The first-order valence-corrected chi connectivity index (χ1v) is 11.9. The van der Waals surface area contributed by atoms with Gasteiger partial charge in [0.05, 0.1) is 12.6 Å². The van der Waals surface area contributed by atoms with Crippen molar-refractivity contribution in [2.75, 3.05) is 19.7 Å². The number of hydrogen-bond donors (Lipinski definition) is 4. The number of nitrogens with one attached hydrogen (secondary N) is 4. The molecule has 0 aromatic heterocycles. The number of carbonyl (C=O) groups excluding carboxylic acids is 3. The highest BCUT2D eigenvalue weighted by Gasteiger charge is 2.43. The van der Waals surface area contributed by atoms with Gasteiger partial charge in [0.1, 0.15) is 17.9 Å². The molecule has 0 saturated heterocycles. The SMILES string of the molecule is CC(C)CC1NCCOC2=C(/C=C/NC(=O)CNC(=O)C3(CCCC3)NC1=O)CC=CC=C2. The molecule has 180 valence electrons. The van der Waals surface area contributed by atoms with E-state index in [1.54, 1.807) is 6.20 Å². The molecule has 0 aromatic rings. The van der Waals surface area contributed by atoms with Crippen LogP contribution in [0, 0.1) is 5.92 Å². The summed E-state index contributed by atoms with van der Waals surface area (Å²) in [6.45, 7) is 4.85. The molecule has 0 aromatic carbocycles. The Balaban J connectivity index is 1.81. The monoisotopic (exact) mass is 456 g/mol. The topological polar surface area (TPSA) is 109 Å². The van der Waals surface area contributed by atoms with Gasteiger partial charge in [0.2, 0.25) is 17.7 Å². The van der Waals surface area contributed by atoms with Crippen molar-refractivity contribution in [3.8, 4) is 0 Å². The first kappa shape index (κ1) is 24.8. The zero-order chi connectivity index (χ0) is 23.7. The van der Waals surface area contributed by atoms with Crippen LogP contribution in [0.5, 0.6) is 0 Å².